The van der Waals surface area contributed by atoms with Crippen LogP contribution in [-0.2, 0) is 21.3 Å². The van der Waals surface area contributed by atoms with E-state index < -0.39 is 16.0 Å². The number of methoxy groups -OCH3 is 1. The number of hydrogen-bond donors (Lipinski definition) is 0. The first kappa shape index (κ1) is 19.0. The molecule has 0 atom stereocenters. The molecular weight excluding hydrogens is 372 g/mol. The first-order valence-electron chi connectivity index (χ1n) is 8.36. The van der Waals surface area contributed by atoms with E-state index in [2.05, 4.69) is 9.72 Å². The number of sulfonamides is 1. The third-order valence-corrected chi connectivity index (χ3v) is 7.40. The molecule has 1 heterocycles. The average Bonchev–Trinajstić information content (AvgIpc) is 3.28. The standard InChI is InChI=1S/C18H22N2O4S2/c1-11-7-12(2)17(13(3)8-11)26(22,23)20(14-5-6-14)9-16-19-15(10-25-16)18(21)24-4/h7-8,10,14H,5-6,9H2,1-4H3. The van der Waals surface area contributed by atoms with Gasteiger partial charge in [-0.3, -0.25) is 0 Å². The predicted octanol–water partition coefficient (Wildman–Crippen LogP) is 3.21. The molecule has 6 nitrogen and oxygen atoms in total. The Bertz CT molecular complexity index is 923. The summed E-state index contributed by atoms with van der Waals surface area (Å²) in [6, 6.07) is 3.78. The maximum atomic E-state index is 13.4. The molecule has 8 heteroatoms. The number of aromatic nitrogens is 1. The maximum absolute atomic E-state index is 13.4. The summed E-state index contributed by atoms with van der Waals surface area (Å²) in [4.78, 5) is 16.2. The maximum Gasteiger partial charge on any atom is 0.357 e. The molecular formula is C18H22N2O4S2. The van der Waals surface area contributed by atoms with Gasteiger partial charge in [0.25, 0.3) is 0 Å². The molecule has 0 aliphatic heterocycles. The largest absolute Gasteiger partial charge is 0.464 e. The van der Waals surface area contributed by atoms with E-state index in [9.17, 15) is 13.2 Å². The number of ether oxygens (including phenoxy) is 1. The van der Waals surface area contributed by atoms with Gasteiger partial charge in [-0.2, -0.15) is 4.31 Å². The van der Waals surface area contributed by atoms with E-state index in [1.807, 2.05) is 32.9 Å². The third kappa shape index (κ3) is 3.67. The van der Waals surface area contributed by atoms with Crippen LogP contribution < -0.4 is 0 Å². The molecule has 1 aromatic carbocycles. The highest BCUT2D eigenvalue weighted by atomic mass is 32.2. The Morgan fingerprint density at radius 2 is 1.88 bits per heavy atom. The lowest BCUT2D eigenvalue weighted by molar-refractivity contribution is 0.0594. The van der Waals surface area contributed by atoms with Crippen molar-refractivity contribution in [2.75, 3.05) is 7.11 Å². The number of esters is 1. The van der Waals surface area contributed by atoms with E-state index in [1.165, 1.54) is 22.8 Å². The van der Waals surface area contributed by atoms with Gasteiger partial charge < -0.3 is 4.74 Å². The number of carbonyl (C=O) groups is 1. The van der Waals surface area contributed by atoms with Crippen molar-refractivity contribution in [1.29, 1.82) is 0 Å². The van der Waals surface area contributed by atoms with Crippen LogP contribution >= 0.6 is 11.3 Å². The van der Waals surface area contributed by atoms with Crippen molar-refractivity contribution in [3.05, 3.63) is 44.9 Å². The monoisotopic (exact) mass is 394 g/mol. The number of carbonyl (C=O) groups excluding carboxylic acids is 1. The first-order chi connectivity index (χ1) is 12.2. The topological polar surface area (TPSA) is 76.6 Å². The fourth-order valence-corrected chi connectivity index (χ4v) is 6.08. The van der Waals surface area contributed by atoms with Gasteiger partial charge in [0.15, 0.2) is 5.69 Å². The molecule has 1 aromatic heterocycles. The van der Waals surface area contributed by atoms with E-state index in [0.29, 0.717) is 9.90 Å². The van der Waals surface area contributed by atoms with Gasteiger partial charge in [0.05, 0.1) is 18.6 Å². The molecule has 1 fully saturated rings. The van der Waals surface area contributed by atoms with E-state index in [1.54, 1.807) is 5.38 Å². The van der Waals surface area contributed by atoms with Crippen LogP contribution in [0.2, 0.25) is 0 Å². The van der Waals surface area contributed by atoms with Crippen LogP contribution in [0.5, 0.6) is 0 Å². The summed E-state index contributed by atoms with van der Waals surface area (Å²) in [6.45, 7) is 5.79. The average molecular weight is 395 g/mol. The second-order valence-electron chi connectivity index (χ2n) is 6.63. The molecule has 140 valence electrons. The second-order valence-corrected chi connectivity index (χ2v) is 9.40. The smallest absolute Gasteiger partial charge is 0.357 e. The van der Waals surface area contributed by atoms with E-state index in [-0.39, 0.29) is 18.3 Å². The molecule has 0 spiro atoms. The molecule has 1 aliphatic carbocycles. The van der Waals surface area contributed by atoms with E-state index >= 15 is 0 Å². The van der Waals surface area contributed by atoms with Crippen LogP contribution in [0, 0.1) is 20.8 Å². The molecule has 0 bridgehead atoms. The normalized spacial score (nSPS) is 14.7. The first-order valence-corrected chi connectivity index (χ1v) is 10.7. The number of nitrogens with zero attached hydrogens (tertiary/aromatic N) is 2. The van der Waals surface area contributed by atoms with Crippen molar-refractivity contribution in [3.8, 4) is 0 Å². The van der Waals surface area contributed by atoms with Gasteiger partial charge in [0.2, 0.25) is 10.0 Å². The summed E-state index contributed by atoms with van der Waals surface area (Å²) in [6.07, 6.45) is 1.69. The predicted molar refractivity (Wildman–Crippen MR) is 99.9 cm³/mol. The van der Waals surface area contributed by atoms with Crippen LogP contribution in [0.1, 0.15) is 45.0 Å². The number of thiazole rings is 1. The van der Waals surface area contributed by atoms with Crippen LogP contribution in [0.25, 0.3) is 0 Å². The van der Waals surface area contributed by atoms with Crippen LogP contribution in [0.3, 0.4) is 0 Å². The molecule has 2 aromatic rings. The molecule has 0 N–H and O–H groups in total. The van der Waals surface area contributed by atoms with Gasteiger partial charge in [-0.15, -0.1) is 11.3 Å². The Labute approximate surface area is 157 Å². The lowest BCUT2D eigenvalue weighted by Gasteiger charge is -2.23. The van der Waals surface area contributed by atoms with Crippen molar-refractivity contribution in [2.24, 2.45) is 0 Å². The Morgan fingerprint density at radius 3 is 2.42 bits per heavy atom. The van der Waals surface area contributed by atoms with Crippen molar-refractivity contribution < 1.29 is 17.9 Å². The van der Waals surface area contributed by atoms with Gasteiger partial charge in [0.1, 0.15) is 5.01 Å². The summed E-state index contributed by atoms with van der Waals surface area (Å²) in [7, 11) is -2.35. The number of aryl methyl sites for hydroxylation is 3. The zero-order valence-corrected chi connectivity index (χ0v) is 16.9. The lowest BCUT2D eigenvalue weighted by Crippen LogP contribution is -2.33. The minimum atomic E-state index is -3.65. The van der Waals surface area contributed by atoms with Gasteiger partial charge in [-0.1, -0.05) is 17.7 Å². The molecule has 3 rings (SSSR count). The van der Waals surface area contributed by atoms with E-state index in [4.69, 9.17) is 0 Å². The number of rotatable bonds is 6. The molecule has 0 radical (unpaired) electrons. The number of benzene rings is 1. The second kappa shape index (κ2) is 7.09. The summed E-state index contributed by atoms with van der Waals surface area (Å²) < 4.78 is 33.0. The summed E-state index contributed by atoms with van der Waals surface area (Å²) >= 11 is 1.27. The Balaban J connectivity index is 1.95. The Hall–Kier alpha value is -1.77. The van der Waals surface area contributed by atoms with E-state index in [0.717, 1.165) is 29.5 Å². The fraction of sp³-hybridized carbons (Fsp3) is 0.444. The molecule has 0 amide bonds. The Morgan fingerprint density at radius 1 is 1.27 bits per heavy atom. The molecule has 0 unspecified atom stereocenters. The lowest BCUT2D eigenvalue weighted by atomic mass is 10.1. The van der Waals surface area contributed by atoms with Crippen molar-refractivity contribution in [1.82, 2.24) is 9.29 Å². The highest BCUT2D eigenvalue weighted by Gasteiger charge is 2.40. The zero-order chi connectivity index (χ0) is 19.1. The van der Waals surface area contributed by atoms with Crippen molar-refractivity contribution in [3.63, 3.8) is 0 Å². The molecule has 0 saturated heterocycles. The minimum absolute atomic E-state index is 0.00872. The SMILES string of the molecule is COC(=O)c1csc(CN(C2CC2)S(=O)(=O)c2c(C)cc(C)cc2C)n1. The summed E-state index contributed by atoms with van der Waals surface area (Å²) in [5, 5.41) is 2.18. The minimum Gasteiger partial charge on any atom is -0.464 e. The summed E-state index contributed by atoms with van der Waals surface area (Å²) in [5.74, 6) is -0.515. The molecule has 1 saturated carbocycles. The van der Waals surface area contributed by atoms with Gasteiger partial charge in [-0.05, 0) is 44.7 Å². The van der Waals surface area contributed by atoms with Crippen LogP contribution in [0.15, 0.2) is 22.4 Å². The third-order valence-electron chi connectivity index (χ3n) is 4.36. The van der Waals surface area contributed by atoms with Gasteiger partial charge >= 0.3 is 5.97 Å². The number of hydrogen-bond acceptors (Lipinski definition) is 6. The fourth-order valence-electron chi connectivity index (χ4n) is 3.18. The van der Waals surface area contributed by atoms with Crippen LogP contribution in [0.4, 0.5) is 0 Å². The van der Waals surface area contributed by atoms with Gasteiger partial charge in [-0.25, -0.2) is 18.2 Å². The highest BCUT2D eigenvalue weighted by molar-refractivity contribution is 7.89. The van der Waals surface area contributed by atoms with Crippen molar-refractivity contribution >= 4 is 27.3 Å². The van der Waals surface area contributed by atoms with Gasteiger partial charge in [0, 0.05) is 11.4 Å². The molecule has 26 heavy (non-hydrogen) atoms. The van der Waals surface area contributed by atoms with Crippen molar-refractivity contribution in [2.45, 2.75) is 51.1 Å². The summed E-state index contributed by atoms with van der Waals surface area (Å²) in [5.41, 5.74) is 2.76. The van der Waals surface area contributed by atoms with Crippen LogP contribution in [-0.4, -0.2) is 36.8 Å². The quantitative estimate of drug-likeness (QED) is 0.703. The molecule has 1 aliphatic rings. The zero-order valence-electron chi connectivity index (χ0n) is 15.3. The highest BCUT2D eigenvalue weighted by Crippen LogP contribution is 2.36. The Kier molecular flexibility index (Phi) is 5.18.